The Balaban J connectivity index is 2.65. The van der Waals surface area contributed by atoms with Crippen LogP contribution in [0.3, 0.4) is 0 Å². The number of carbonyl (C=O) groups excluding carboxylic acids is 2. The minimum atomic E-state index is -0.299. The fourth-order valence-corrected chi connectivity index (χ4v) is 1.64. The van der Waals surface area contributed by atoms with Crippen LogP contribution in [0.5, 0.6) is 0 Å². The van der Waals surface area contributed by atoms with Crippen molar-refractivity contribution in [1.29, 1.82) is 0 Å². The molecule has 13 heavy (non-hydrogen) atoms. The molecule has 0 saturated carbocycles. The lowest BCUT2D eigenvalue weighted by Gasteiger charge is -2.23. The quantitative estimate of drug-likeness (QED) is 0.641. The molecule has 1 rings (SSSR count). The lowest BCUT2D eigenvalue weighted by Crippen LogP contribution is -2.41. The second-order valence-corrected chi connectivity index (χ2v) is 3.28. The normalized spacial score (nSPS) is 19.7. The fraction of sp³-hybridized carbons (Fsp3) is 0.778. The van der Waals surface area contributed by atoms with E-state index in [9.17, 15) is 9.59 Å². The second kappa shape index (κ2) is 4.37. The van der Waals surface area contributed by atoms with Gasteiger partial charge in [-0.2, -0.15) is 0 Å². The van der Waals surface area contributed by atoms with E-state index >= 15 is 0 Å². The van der Waals surface area contributed by atoms with Crippen LogP contribution in [-0.2, 0) is 9.59 Å². The first-order chi connectivity index (χ1) is 6.20. The van der Waals surface area contributed by atoms with E-state index in [1.807, 2.05) is 6.92 Å². The predicted octanol–water partition coefficient (Wildman–Crippen LogP) is 0.296. The van der Waals surface area contributed by atoms with Gasteiger partial charge < -0.3 is 5.11 Å². The fourth-order valence-electron chi connectivity index (χ4n) is 1.64. The third kappa shape index (κ3) is 2.06. The molecule has 2 amide bonds. The summed E-state index contributed by atoms with van der Waals surface area (Å²) >= 11 is 0. The highest BCUT2D eigenvalue weighted by atomic mass is 16.3. The average Bonchev–Trinajstić information content (AvgIpc) is 2.43. The zero-order chi connectivity index (χ0) is 9.84. The second-order valence-electron chi connectivity index (χ2n) is 3.28. The molecule has 0 unspecified atom stereocenters. The summed E-state index contributed by atoms with van der Waals surface area (Å²) in [4.78, 5) is 23.7. The van der Waals surface area contributed by atoms with E-state index in [2.05, 4.69) is 0 Å². The van der Waals surface area contributed by atoms with Gasteiger partial charge in [-0.1, -0.05) is 13.3 Å². The largest absolute Gasteiger partial charge is 0.394 e. The number of aliphatic hydroxyl groups excluding tert-OH is 1. The highest BCUT2D eigenvalue weighted by Crippen LogP contribution is 2.17. The molecular weight excluding hydrogens is 170 g/mol. The van der Waals surface area contributed by atoms with Crippen LogP contribution in [-0.4, -0.2) is 34.5 Å². The van der Waals surface area contributed by atoms with Gasteiger partial charge in [0.15, 0.2) is 0 Å². The van der Waals surface area contributed by atoms with Crippen molar-refractivity contribution in [3.63, 3.8) is 0 Å². The monoisotopic (exact) mass is 185 g/mol. The van der Waals surface area contributed by atoms with Gasteiger partial charge in [0.1, 0.15) is 0 Å². The molecule has 1 aliphatic heterocycles. The number of imide groups is 1. The number of nitrogens with zero attached hydrogens (tertiary/aromatic N) is 1. The maximum atomic E-state index is 11.3. The summed E-state index contributed by atoms with van der Waals surface area (Å²) in [6, 6.07) is -0.299. The summed E-state index contributed by atoms with van der Waals surface area (Å²) in [7, 11) is 0. The van der Waals surface area contributed by atoms with E-state index in [0.29, 0.717) is 19.3 Å². The van der Waals surface area contributed by atoms with E-state index in [1.54, 1.807) is 0 Å². The number of carbonyl (C=O) groups is 2. The number of rotatable bonds is 4. The molecule has 1 aliphatic rings. The van der Waals surface area contributed by atoms with Gasteiger partial charge in [0.05, 0.1) is 12.6 Å². The molecule has 1 N–H and O–H groups in total. The molecular formula is C9H15NO3. The van der Waals surface area contributed by atoms with Crippen molar-refractivity contribution >= 4 is 11.8 Å². The van der Waals surface area contributed by atoms with Gasteiger partial charge in [-0.25, -0.2) is 0 Å². The van der Waals surface area contributed by atoms with Crippen LogP contribution < -0.4 is 0 Å². The molecule has 4 nitrogen and oxygen atoms in total. The molecule has 0 aromatic carbocycles. The summed E-state index contributed by atoms with van der Waals surface area (Å²) in [5.74, 6) is -0.282. The number of aliphatic hydroxyl groups is 1. The Morgan fingerprint density at radius 3 is 2.31 bits per heavy atom. The Hall–Kier alpha value is -0.900. The summed E-state index contributed by atoms with van der Waals surface area (Å²) in [5, 5.41) is 9.01. The van der Waals surface area contributed by atoms with Crippen molar-refractivity contribution in [3.8, 4) is 0 Å². The molecule has 0 radical (unpaired) electrons. The van der Waals surface area contributed by atoms with E-state index in [0.717, 1.165) is 6.42 Å². The number of likely N-dealkylation sites (tertiary alicyclic amines) is 1. The first-order valence-corrected chi connectivity index (χ1v) is 4.66. The highest BCUT2D eigenvalue weighted by molar-refractivity contribution is 6.02. The Morgan fingerprint density at radius 2 is 1.92 bits per heavy atom. The molecule has 0 aromatic rings. The van der Waals surface area contributed by atoms with Crippen LogP contribution in [0.15, 0.2) is 0 Å². The molecule has 1 fully saturated rings. The third-order valence-corrected chi connectivity index (χ3v) is 2.29. The lowest BCUT2D eigenvalue weighted by atomic mass is 10.1. The predicted molar refractivity (Wildman–Crippen MR) is 46.9 cm³/mol. The van der Waals surface area contributed by atoms with Crippen molar-refractivity contribution in [2.45, 2.75) is 38.6 Å². The van der Waals surface area contributed by atoms with Gasteiger partial charge in [0.2, 0.25) is 11.8 Å². The summed E-state index contributed by atoms with van der Waals surface area (Å²) in [6.07, 6.45) is 2.16. The van der Waals surface area contributed by atoms with Crippen molar-refractivity contribution in [2.75, 3.05) is 6.61 Å². The lowest BCUT2D eigenvalue weighted by molar-refractivity contribution is -0.142. The van der Waals surface area contributed by atoms with Gasteiger partial charge in [0, 0.05) is 12.8 Å². The smallest absolute Gasteiger partial charge is 0.230 e. The Kier molecular flexibility index (Phi) is 3.42. The topological polar surface area (TPSA) is 57.6 Å². The van der Waals surface area contributed by atoms with Gasteiger partial charge in [-0.15, -0.1) is 0 Å². The van der Waals surface area contributed by atoms with Crippen LogP contribution in [0.25, 0.3) is 0 Å². The number of hydrogen-bond acceptors (Lipinski definition) is 3. The summed E-state index contributed by atoms with van der Waals surface area (Å²) in [5.41, 5.74) is 0. The maximum Gasteiger partial charge on any atom is 0.230 e. The van der Waals surface area contributed by atoms with Crippen LogP contribution in [0.1, 0.15) is 32.6 Å². The zero-order valence-corrected chi connectivity index (χ0v) is 7.82. The first kappa shape index (κ1) is 10.2. The molecule has 1 saturated heterocycles. The molecule has 0 aliphatic carbocycles. The van der Waals surface area contributed by atoms with Crippen molar-refractivity contribution in [1.82, 2.24) is 4.90 Å². The minimum absolute atomic E-state index is 0.120. The Bertz CT molecular complexity index is 199. The molecule has 0 spiro atoms. The van der Waals surface area contributed by atoms with E-state index in [4.69, 9.17) is 5.11 Å². The highest BCUT2D eigenvalue weighted by Gasteiger charge is 2.33. The first-order valence-electron chi connectivity index (χ1n) is 4.66. The van der Waals surface area contributed by atoms with Gasteiger partial charge in [0.25, 0.3) is 0 Å². The van der Waals surface area contributed by atoms with Crippen LogP contribution in [0, 0.1) is 0 Å². The zero-order valence-electron chi connectivity index (χ0n) is 7.82. The summed E-state index contributed by atoms with van der Waals surface area (Å²) in [6.45, 7) is 1.85. The van der Waals surface area contributed by atoms with Gasteiger partial charge in [-0.3, -0.25) is 14.5 Å². The van der Waals surface area contributed by atoms with Gasteiger partial charge >= 0.3 is 0 Å². The molecule has 1 atom stereocenters. The molecule has 0 aromatic heterocycles. The standard InChI is InChI=1S/C9H15NO3/c1-2-3-7(6-11)10-8(12)4-5-9(10)13/h7,11H,2-6H2,1H3/t7-/m0/s1. The van der Waals surface area contributed by atoms with Gasteiger partial charge in [-0.05, 0) is 6.42 Å². The maximum absolute atomic E-state index is 11.3. The molecule has 1 heterocycles. The number of amides is 2. The minimum Gasteiger partial charge on any atom is -0.394 e. The van der Waals surface area contributed by atoms with Crippen LogP contribution >= 0.6 is 0 Å². The Labute approximate surface area is 77.5 Å². The number of hydrogen-bond donors (Lipinski definition) is 1. The van der Waals surface area contributed by atoms with Crippen molar-refractivity contribution in [2.24, 2.45) is 0 Å². The summed E-state index contributed by atoms with van der Waals surface area (Å²) < 4.78 is 0. The molecule has 0 bridgehead atoms. The van der Waals surface area contributed by atoms with E-state index in [1.165, 1.54) is 4.90 Å². The molecule has 4 heteroatoms. The van der Waals surface area contributed by atoms with Crippen molar-refractivity contribution in [3.05, 3.63) is 0 Å². The van der Waals surface area contributed by atoms with E-state index in [-0.39, 0.29) is 24.5 Å². The van der Waals surface area contributed by atoms with Crippen LogP contribution in [0.4, 0.5) is 0 Å². The third-order valence-electron chi connectivity index (χ3n) is 2.29. The SMILES string of the molecule is CCC[C@@H](CO)N1C(=O)CCC1=O. The van der Waals surface area contributed by atoms with Crippen molar-refractivity contribution < 1.29 is 14.7 Å². The van der Waals surface area contributed by atoms with E-state index < -0.39 is 0 Å². The average molecular weight is 185 g/mol. The van der Waals surface area contributed by atoms with Crippen LogP contribution in [0.2, 0.25) is 0 Å². The molecule has 74 valence electrons. The Morgan fingerprint density at radius 1 is 1.38 bits per heavy atom.